The molecule has 0 aliphatic heterocycles. The average Bonchev–Trinajstić information content (AvgIpc) is 3.07. The van der Waals surface area contributed by atoms with Crippen molar-refractivity contribution in [2.45, 2.75) is 57.0 Å². The zero-order valence-electron chi connectivity index (χ0n) is 12.3. The van der Waals surface area contributed by atoms with E-state index in [0.717, 1.165) is 25.1 Å². The van der Waals surface area contributed by atoms with Gasteiger partial charge in [-0.2, -0.15) is 0 Å². The minimum Gasteiger partial charge on any atom is -0.363 e. The summed E-state index contributed by atoms with van der Waals surface area (Å²) in [7, 11) is -3.41. The molecular formula is C14H25N3O2S. The van der Waals surface area contributed by atoms with Crippen molar-refractivity contribution in [3.05, 3.63) is 18.0 Å². The highest BCUT2D eigenvalue weighted by Crippen LogP contribution is 2.28. The van der Waals surface area contributed by atoms with Crippen LogP contribution in [0.25, 0.3) is 0 Å². The van der Waals surface area contributed by atoms with E-state index in [9.17, 15) is 8.42 Å². The van der Waals surface area contributed by atoms with Crippen LogP contribution in [-0.4, -0.2) is 26.0 Å². The van der Waals surface area contributed by atoms with Gasteiger partial charge in [-0.15, -0.1) is 0 Å². The molecule has 0 saturated heterocycles. The molecule has 1 aromatic heterocycles. The molecule has 3 N–H and O–H groups in total. The Hall–Kier alpha value is -0.850. The summed E-state index contributed by atoms with van der Waals surface area (Å²) in [6.45, 7) is 5.51. The first-order valence-electron chi connectivity index (χ1n) is 7.43. The van der Waals surface area contributed by atoms with Crippen LogP contribution in [0.4, 0.5) is 0 Å². The Labute approximate surface area is 121 Å². The van der Waals surface area contributed by atoms with Crippen molar-refractivity contribution in [3.63, 3.8) is 0 Å². The second-order valence-electron chi connectivity index (χ2n) is 5.60. The smallest absolute Gasteiger partial charge is 0.242 e. The first kappa shape index (κ1) is 15.5. The SMILES string of the molecule is CCNCc1cc(S(=O)(=O)NC(C)C2CCCC2)c[nH]1. The van der Waals surface area contributed by atoms with E-state index in [0.29, 0.717) is 17.4 Å². The van der Waals surface area contributed by atoms with Gasteiger partial charge in [0.1, 0.15) is 0 Å². The molecule has 0 bridgehead atoms. The number of rotatable bonds is 7. The Morgan fingerprint density at radius 1 is 1.40 bits per heavy atom. The second kappa shape index (κ2) is 6.74. The van der Waals surface area contributed by atoms with Gasteiger partial charge >= 0.3 is 0 Å². The molecule has 2 rings (SSSR count). The minimum absolute atomic E-state index is 0.00890. The van der Waals surface area contributed by atoms with Crippen molar-refractivity contribution in [2.75, 3.05) is 6.54 Å². The van der Waals surface area contributed by atoms with E-state index in [1.54, 1.807) is 12.3 Å². The summed E-state index contributed by atoms with van der Waals surface area (Å²) in [5.74, 6) is 0.477. The van der Waals surface area contributed by atoms with Gasteiger partial charge in [-0.3, -0.25) is 0 Å². The highest BCUT2D eigenvalue weighted by Gasteiger charge is 2.26. The van der Waals surface area contributed by atoms with Crippen LogP contribution in [-0.2, 0) is 16.6 Å². The van der Waals surface area contributed by atoms with Gasteiger partial charge in [-0.25, -0.2) is 13.1 Å². The molecule has 0 spiro atoms. The summed E-state index contributed by atoms with van der Waals surface area (Å²) in [5.41, 5.74) is 0.890. The third-order valence-corrected chi connectivity index (χ3v) is 5.58. The maximum atomic E-state index is 12.3. The lowest BCUT2D eigenvalue weighted by molar-refractivity contribution is 0.424. The van der Waals surface area contributed by atoms with E-state index in [4.69, 9.17) is 0 Å². The number of aromatic amines is 1. The topological polar surface area (TPSA) is 74.0 Å². The van der Waals surface area contributed by atoms with Crippen molar-refractivity contribution >= 4 is 10.0 Å². The predicted octanol–water partition coefficient (Wildman–Crippen LogP) is 1.98. The number of aromatic nitrogens is 1. The lowest BCUT2D eigenvalue weighted by atomic mass is 10.0. The fourth-order valence-electron chi connectivity index (χ4n) is 2.80. The maximum absolute atomic E-state index is 12.3. The third kappa shape index (κ3) is 3.84. The van der Waals surface area contributed by atoms with Crippen LogP contribution in [0.15, 0.2) is 17.2 Å². The molecule has 1 aliphatic carbocycles. The first-order valence-corrected chi connectivity index (χ1v) is 8.91. The van der Waals surface area contributed by atoms with E-state index >= 15 is 0 Å². The molecule has 5 nitrogen and oxygen atoms in total. The number of sulfonamides is 1. The van der Waals surface area contributed by atoms with Gasteiger partial charge in [-0.05, 0) is 38.3 Å². The Balaban J connectivity index is 2.00. The van der Waals surface area contributed by atoms with Gasteiger partial charge in [0.15, 0.2) is 0 Å². The van der Waals surface area contributed by atoms with E-state index in [1.807, 2.05) is 13.8 Å². The molecule has 1 aliphatic rings. The molecule has 0 aromatic carbocycles. The third-order valence-electron chi connectivity index (χ3n) is 4.04. The average molecular weight is 299 g/mol. The highest BCUT2D eigenvalue weighted by atomic mass is 32.2. The van der Waals surface area contributed by atoms with E-state index < -0.39 is 10.0 Å². The van der Waals surface area contributed by atoms with Gasteiger partial charge in [0.05, 0.1) is 4.90 Å². The minimum atomic E-state index is -3.41. The van der Waals surface area contributed by atoms with E-state index in [1.165, 1.54) is 12.8 Å². The number of nitrogens with one attached hydrogen (secondary N) is 3. The fourth-order valence-corrected chi connectivity index (χ4v) is 4.13. The predicted molar refractivity (Wildman–Crippen MR) is 79.9 cm³/mol. The zero-order valence-corrected chi connectivity index (χ0v) is 13.1. The Kier molecular flexibility index (Phi) is 5.23. The number of hydrogen-bond donors (Lipinski definition) is 3. The molecule has 0 radical (unpaired) electrons. The van der Waals surface area contributed by atoms with Crippen LogP contribution in [0.5, 0.6) is 0 Å². The molecule has 20 heavy (non-hydrogen) atoms. The largest absolute Gasteiger partial charge is 0.363 e. The number of H-pyrrole nitrogens is 1. The van der Waals surface area contributed by atoms with Crippen LogP contribution in [0.3, 0.4) is 0 Å². The molecule has 0 amide bonds. The summed E-state index contributed by atoms with van der Waals surface area (Å²) in [5, 5.41) is 3.17. The van der Waals surface area contributed by atoms with Crippen LogP contribution >= 0.6 is 0 Å². The van der Waals surface area contributed by atoms with E-state index in [2.05, 4.69) is 15.0 Å². The van der Waals surface area contributed by atoms with Gasteiger partial charge in [0, 0.05) is 24.5 Å². The lowest BCUT2D eigenvalue weighted by Gasteiger charge is -2.19. The Morgan fingerprint density at radius 2 is 2.10 bits per heavy atom. The molecule has 1 atom stereocenters. The van der Waals surface area contributed by atoms with Crippen LogP contribution in [0.1, 0.15) is 45.2 Å². The van der Waals surface area contributed by atoms with Crippen molar-refractivity contribution in [1.29, 1.82) is 0 Å². The number of hydrogen-bond acceptors (Lipinski definition) is 3. The maximum Gasteiger partial charge on any atom is 0.242 e. The molecule has 1 fully saturated rings. The van der Waals surface area contributed by atoms with E-state index in [-0.39, 0.29) is 6.04 Å². The molecule has 6 heteroatoms. The van der Waals surface area contributed by atoms with Gasteiger partial charge in [0.25, 0.3) is 0 Å². The van der Waals surface area contributed by atoms with Gasteiger partial charge in [0.2, 0.25) is 10.0 Å². The van der Waals surface area contributed by atoms with Crippen molar-refractivity contribution in [2.24, 2.45) is 5.92 Å². The standard InChI is InChI=1S/C14H25N3O2S/c1-3-15-9-13-8-14(10-16-13)20(18,19)17-11(2)12-6-4-5-7-12/h8,10-12,15-17H,3-7,9H2,1-2H3. The lowest BCUT2D eigenvalue weighted by Crippen LogP contribution is -2.37. The van der Waals surface area contributed by atoms with Gasteiger partial charge < -0.3 is 10.3 Å². The quantitative estimate of drug-likeness (QED) is 0.721. The Bertz CT molecular complexity index is 518. The van der Waals surface area contributed by atoms with Crippen LogP contribution < -0.4 is 10.0 Å². The zero-order chi connectivity index (χ0) is 14.6. The highest BCUT2D eigenvalue weighted by molar-refractivity contribution is 7.89. The molecular weight excluding hydrogens is 274 g/mol. The molecule has 1 aromatic rings. The van der Waals surface area contributed by atoms with Gasteiger partial charge in [-0.1, -0.05) is 19.8 Å². The van der Waals surface area contributed by atoms with Crippen LogP contribution in [0, 0.1) is 5.92 Å². The summed E-state index contributed by atoms with van der Waals surface area (Å²) >= 11 is 0. The summed E-state index contributed by atoms with van der Waals surface area (Å²) in [4.78, 5) is 3.34. The first-order chi connectivity index (χ1) is 9.53. The summed E-state index contributed by atoms with van der Waals surface area (Å²) < 4.78 is 27.5. The van der Waals surface area contributed by atoms with Crippen LogP contribution in [0.2, 0.25) is 0 Å². The summed E-state index contributed by atoms with van der Waals surface area (Å²) in [6.07, 6.45) is 6.25. The Morgan fingerprint density at radius 3 is 2.75 bits per heavy atom. The van der Waals surface area contributed by atoms with Crippen molar-refractivity contribution in [1.82, 2.24) is 15.0 Å². The van der Waals surface area contributed by atoms with Crippen molar-refractivity contribution < 1.29 is 8.42 Å². The molecule has 1 heterocycles. The second-order valence-corrected chi connectivity index (χ2v) is 7.31. The molecule has 1 unspecified atom stereocenters. The molecule has 114 valence electrons. The monoisotopic (exact) mass is 299 g/mol. The summed E-state index contributed by atoms with van der Waals surface area (Å²) in [6, 6.07) is 1.71. The van der Waals surface area contributed by atoms with Crippen molar-refractivity contribution in [3.8, 4) is 0 Å². The molecule has 1 saturated carbocycles. The normalized spacial score (nSPS) is 18.5. The fraction of sp³-hybridized carbons (Fsp3) is 0.714.